The predicted molar refractivity (Wildman–Crippen MR) is 77.7 cm³/mol. The SMILES string of the molecule is C[C@@H]1CCc2sc(C(=O)Nc3ccccn3)cc2C1. The smallest absolute Gasteiger partial charge is 0.266 e. The van der Waals surface area contributed by atoms with Crippen molar-refractivity contribution in [3.05, 3.63) is 45.8 Å². The van der Waals surface area contributed by atoms with E-state index in [4.69, 9.17) is 0 Å². The van der Waals surface area contributed by atoms with Crippen molar-refractivity contribution in [1.82, 2.24) is 4.98 Å². The number of carbonyl (C=O) groups excluding carboxylic acids is 1. The topological polar surface area (TPSA) is 42.0 Å². The molecule has 2 aromatic heterocycles. The van der Waals surface area contributed by atoms with Gasteiger partial charge in [-0.15, -0.1) is 11.3 Å². The Morgan fingerprint density at radius 2 is 2.37 bits per heavy atom. The summed E-state index contributed by atoms with van der Waals surface area (Å²) >= 11 is 1.62. The van der Waals surface area contributed by atoms with Crippen molar-refractivity contribution in [3.63, 3.8) is 0 Å². The third kappa shape index (κ3) is 2.68. The number of fused-ring (bicyclic) bond motifs is 1. The molecule has 98 valence electrons. The van der Waals surface area contributed by atoms with Crippen LogP contribution in [0.1, 0.15) is 33.5 Å². The lowest BCUT2D eigenvalue weighted by Gasteiger charge is -2.16. The highest BCUT2D eigenvalue weighted by Crippen LogP contribution is 2.32. The molecule has 0 aliphatic heterocycles. The van der Waals surface area contributed by atoms with Gasteiger partial charge in [-0.25, -0.2) is 4.98 Å². The van der Waals surface area contributed by atoms with Crippen LogP contribution in [0.15, 0.2) is 30.5 Å². The Balaban J connectivity index is 1.78. The minimum atomic E-state index is -0.0502. The summed E-state index contributed by atoms with van der Waals surface area (Å²) in [4.78, 5) is 18.5. The van der Waals surface area contributed by atoms with Gasteiger partial charge in [-0.2, -0.15) is 0 Å². The molecular formula is C15H16N2OS. The fourth-order valence-electron chi connectivity index (χ4n) is 2.43. The molecule has 1 atom stereocenters. The van der Waals surface area contributed by atoms with Gasteiger partial charge in [0.1, 0.15) is 5.82 Å². The quantitative estimate of drug-likeness (QED) is 0.909. The van der Waals surface area contributed by atoms with Crippen LogP contribution in [-0.4, -0.2) is 10.9 Å². The highest BCUT2D eigenvalue weighted by Gasteiger charge is 2.20. The van der Waals surface area contributed by atoms with Gasteiger partial charge in [-0.3, -0.25) is 4.79 Å². The number of anilines is 1. The summed E-state index contributed by atoms with van der Waals surface area (Å²) in [6.45, 7) is 2.27. The second-order valence-electron chi connectivity index (χ2n) is 5.08. The van der Waals surface area contributed by atoms with Gasteiger partial charge in [0, 0.05) is 11.1 Å². The molecule has 4 heteroatoms. The van der Waals surface area contributed by atoms with Crippen molar-refractivity contribution < 1.29 is 4.79 Å². The number of carbonyl (C=O) groups is 1. The molecular weight excluding hydrogens is 256 g/mol. The lowest BCUT2D eigenvalue weighted by molar-refractivity contribution is 0.103. The summed E-state index contributed by atoms with van der Waals surface area (Å²) in [5, 5.41) is 2.84. The van der Waals surface area contributed by atoms with Crippen LogP contribution in [0.25, 0.3) is 0 Å². The van der Waals surface area contributed by atoms with E-state index in [0.717, 1.165) is 23.6 Å². The number of aromatic nitrogens is 1. The summed E-state index contributed by atoms with van der Waals surface area (Å²) in [6, 6.07) is 7.55. The monoisotopic (exact) mass is 272 g/mol. The number of aryl methyl sites for hydroxylation is 1. The maximum absolute atomic E-state index is 12.2. The maximum atomic E-state index is 12.2. The number of hydrogen-bond acceptors (Lipinski definition) is 3. The number of amides is 1. The first-order valence-electron chi connectivity index (χ1n) is 6.56. The van der Waals surface area contributed by atoms with E-state index in [1.807, 2.05) is 18.2 Å². The first kappa shape index (κ1) is 12.4. The Morgan fingerprint density at radius 3 is 3.16 bits per heavy atom. The van der Waals surface area contributed by atoms with Gasteiger partial charge < -0.3 is 5.32 Å². The number of nitrogens with zero attached hydrogens (tertiary/aromatic N) is 1. The molecule has 3 rings (SSSR count). The van der Waals surface area contributed by atoms with Crippen LogP contribution in [0.2, 0.25) is 0 Å². The summed E-state index contributed by atoms with van der Waals surface area (Å²) in [6.07, 6.45) is 5.12. The van der Waals surface area contributed by atoms with Gasteiger partial charge in [-0.05, 0) is 48.9 Å². The van der Waals surface area contributed by atoms with Crippen LogP contribution in [0.5, 0.6) is 0 Å². The van der Waals surface area contributed by atoms with Crippen molar-refractivity contribution in [2.24, 2.45) is 5.92 Å². The van der Waals surface area contributed by atoms with Crippen LogP contribution in [0, 0.1) is 5.92 Å². The zero-order valence-corrected chi connectivity index (χ0v) is 11.7. The summed E-state index contributed by atoms with van der Waals surface area (Å²) in [5.74, 6) is 1.28. The zero-order valence-electron chi connectivity index (χ0n) is 10.8. The molecule has 0 fully saturated rings. The molecule has 0 bridgehead atoms. The van der Waals surface area contributed by atoms with Gasteiger partial charge in [0.25, 0.3) is 5.91 Å². The first-order valence-corrected chi connectivity index (χ1v) is 7.38. The van der Waals surface area contributed by atoms with Gasteiger partial charge in [-0.1, -0.05) is 13.0 Å². The Kier molecular flexibility index (Phi) is 3.34. The Hall–Kier alpha value is -1.68. The summed E-state index contributed by atoms with van der Waals surface area (Å²) < 4.78 is 0. The van der Waals surface area contributed by atoms with Crippen LogP contribution < -0.4 is 5.32 Å². The molecule has 3 nitrogen and oxygen atoms in total. The minimum absolute atomic E-state index is 0.0502. The van der Waals surface area contributed by atoms with Crippen molar-refractivity contribution in [1.29, 1.82) is 0 Å². The van der Waals surface area contributed by atoms with Crippen molar-refractivity contribution in [3.8, 4) is 0 Å². The molecule has 2 heterocycles. The minimum Gasteiger partial charge on any atom is -0.306 e. The molecule has 0 radical (unpaired) electrons. The van der Waals surface area contributed by atoms with Gasteiger partial charge in [0.15, 0.2) is 0 Å². The molecule has 1 aliphatic rings. The molecule has 2 aromatic rings. The van der Waals surface area contributed by atoms with Gasteiger partial charge in [0.05, 0.1) is 4.88 Å². The number of pyridine rings is 1. The summed E-state index contributed by atoms with van der Waals surface area (Å²) in [5.41, 5.74) is 1.36. The molecule has 1 aliphatic carbocycles. The van der Waals surface area contributed by atoms with E-state index in [1.54, 1.807) is 23.6 Å². The number of nitrogens with one attached hydrogen (secondary N) is 1. The highest BCUT2D eigenvalue weighted by atomic mass is 32.1. The molecule has 19 heavy (non-hydrogen) atoms. The molecule has 0 saturated carbocycles. The predicted octanol–water partition coefficient (Wildman–Crippen LogP) is 3.52. The second-order valence-corrected chi connectivity index (χ2v) is 6.21. The van der Waals surface area contributed by atoms with Crippen LogP contribution in [0.3, 0.4) is 0 Å². The van der Waals surface area contributed by atoms with E-state index < -0.39 is 0 Å². The highest BCUT2D eigenvalue weighted by molar-refractivity contribution is 7.14. The summed E-state index contributed by atoms with van der Waals surface area (Å²) in [7, 11) is 0. The number of hydrogen-bond donors (Lipinski definition) is 1. The average molecular weight is 272 g/mol. The number of rotatable bonds is 2. The van der Waals surface area contributed by atoms with Crippen LogP contribution in [0.4, 0.5) is 5.82 Å². The molecule has 1 N–H and O–H groups in total. The standard InChI is InChI=1S/C15H16N2OS/c1-10-5-6-12-11(8-10)9-13(19-12)15(18)17-14-4-2-3-7-16-14/h2-4,7,9-10H,5-6,8H2,1H3,(H,16,17,18)/t10-/m1/s1. The van der Waals surface area contributed by atoms with Crippen molar-refractivity contribution >= 4 is 23.1 Å². The van der Waals surface area contributed by atoms with Crippen LogP contribution >= 0.6 is 11.3 Å². The molecule has 0 spiro atoms. The first-order chi connectivity index (χ1) is 9.22. The van der Waals surface area contributed by atoms with E-state index in [2.05, 4.69) is 17.2 Å². The third-order valence-electron chi connectivity index (χ3n) is 3.46. The molecule has 0 unspecified atom stereocenters. The van der Waals surface area contributed by atoms with Crippen LogP contribution in [-0.2, 0) is 12.8 Å². The molecule has 0 aromatic carbocycles. The third-order valence-corrected chi connectivity index (χ3v) is 4.70. The maximum Gasteiger partial charge on any atom is 0.266 e. The van der Waals surface area contributed by atoms with Gasteiger partial charge in [0.2, 0.25) is 0 Å². The zero-order chi connectivity index (χ0) is 13.2. The second kappa shape index (κ2) is 5.13. The van der Waals surface area contributed by atoms with Crippen molar-refractivity contribution in [2.45, 2.75) is 26.2 Å². The lowest BCUT2D eigenvalue weighted by atomic mass is 9.90. The molecule has 1 amide bonds. The van der Waals surface area contributed by atoms with E-state index in [1.165, 1.54) is 16.9 Å². The largest absolute Gasteiger partial charge is 0.306 e. The fourth-order valence-corrected chi connectivity index (χ4v) is 3.54. The van der Waals surface area contributed by atoms with E-state index >= 15 is 0 Å². The Bertz CT molecular complexity index is 591. The van der Waals surface area contributed by atoms with E-state index in [9.17, 15) is 4.79 Å². The Labute approximate surface area is 116 Å². The van der Waals surface area contributed by atoms with E-state index in [0.29, 0.717) is 5.82 Å². The van der Waals surface area contributed by atoms with E-state index in [-0.39, 0.29) is 5.91 Å². The normalized spacial score (nSPS) is 17.8. The lowest BCUT2D eigenvalue weighted by Crippen LogP contribution is -2.11. The number of thiophene rings is 1. The van der Waals surface area contributed by atoms with Gasteiger partial charge >= 0.3 is 0 Å². The van der Waals surface area contributed by atoms with Crippen molar-refractivity contribution in [2.75, 3.05) is 5.32 Å². The fraction of sp³-hybridized carbons (Fsp3) is 0.333. The average Bonchev–Trinajstić information content (AvgIpc) is 2.83. The molecule has 0 saturated heterocycles. The Morgan fingerprint density at radius 1 is 1.47 bits per heavy atom.